The highest BCUT2D eigenvalue weighted by molar-refractivity contribution is 7.92. The lowest BCUT2D eigenvalue weighted by Gasteiger charge is -2.11. The summed E-state index contributed by atoms with van der Waals surface area (Å²) in [7, 11) is -3.79. The van der Waals surface area contributed by atoms with Gasteiger partial charge >= 0.3 is 0 Å². The van der Waals surface area contributed by atoms with Gasteiger partial charge in [0.15, 0.2) is 0 Å². The monoisotopic (exact) mass is 399 g/mol. The average Bonchev–Trinajstić information content (AvgIpc) is 2.68. The van der Waals surface area contributed by atoms with Crippen LogP contribution in [0.5, 0.6) is 5.75 Å². The van der Waals surface area contributed by atoms with Crippen molar-refractivity contribution in [1.29, 1.82) is 5.26 Å². The summed E-state index contributed by atoms with van der Waals surface area (Å²) in [5, 5.41) is 9.06. The molecule has 0 bridgehead atoms. The van der Waals surface area contributed by atoms with Crippen molar-refractivity contribution < 1.29 is 13.2 Å². The molecule has 0 spiro atoms. The van der Waals surface area contributed by atoms with Crippen LogP contribution < -0.4 is 9.46 Å². The number of anilines is 1. The van der Waals surface area contributed by atoms with E-state index in [1.165, 1.54) is 30.3 Å². The fourth-order valence-electron chi connectivity index (χ4n) is 2.24. The van der Waals surface area contributed by atoms with Gasteiger partial charge in [-0.25, -0.2) is 8.42 Å². The third-order valence-electron chi connectivity index (χ3n) is 3.58. The SMILES string of the molecule is N#Cc1ccc(S(=O)(=O)Nc2ccc(OCc3ccccn3)c(Cl)c2)cc1. The summed E-state index contributed by atoms with van der Waals surface area (Å²) in [5.41, 5.74) is 1.43. The molecule has 136 valence electrons. The summed E-state index contributed by atoms with van der Waals surface area (Å²) < 4.78 is 32.9. The molecule has 0 radical (unpaired) electrons. The molecule has 8 heteroatoms. The number of hydrogen-bond donors (Lipinski definition) is 1. The number of benzene rings is 2. The Balaban J connectivity index is 1.72. The maximum atomic E-state index is 12.4. The summed E-state index contributed by atoms with van der Waals surface area (Å²) in [5.74, 6) is 0.420. The van der Waals surface area contributed by atoms with Gasteiger partial charge in [-0.2, -0.15) is 5.26 Å². The van der Waals surface area contributed by atoms with E-state index in [9.17, 15) is 8.42 Å². The Kier molecular flexibility index (Phi) is 5.60. The summed E-state index contributed by atoms with van der Waals surface area (Å²) in [6.07, 6.45) is 1.67. The summed E-state index contributed by atoms with van der Waals surface area (Å²) >= 11 is 6.19. The maximum Gasteiger partial charge on any atom is 0.261 e. The summed E-state index contributed by atoms with van der Waals surface area (Å²) in [4.78, 5) is 4.20. The van der Waals surface area contributed by atoms with Gasteiger partial charge < -0.3 is 4.74 Å². The zero-order chi connectivity index (χ0) is 19.3. The standard InChI is InChI=1S/C19H14ClN3O3S/c20-18-11-15(6-9-19(18)26-13-16-3-1-2-10-22-16)23-27(24,25)17-7-4-14(12-21)5-8-17/h1-11,23H,13H2. The number of pyridine rings is 1. The summed E-state index contributed by atoms with van der Waals surface area (Å²) in [6.45, 7) is 0.247. The minimum atomic E-state index is -3.79. The number of nitrogens with one attached hydrogen (secondary N) is 1. The second-order valence-corrected chi connectivity index (χ2v) is 7.59. The first-order valence-electron chi connectivity index (χ1n) is 7.83. The second-order valence-electron chi connectivity index (χ2n) is 5.50. The normalized spacial score (nSPS) is 10.8. The van der Waals surface area contributed by atoms with E-state index in [0.717, 1.165) is 5.69 Å². The van der Waals surface area contributed by atoms with Crippen LogP contribution in [0.4, 0.5) is 5.69 Å². The highest BCUT2D eigenvalue weighted by Gasteiger charge is 2.15. The largest absolute Gasteiger partial charge is 0.486 e. The molecule has 0 unspecified atom stereocenters. The molecular weight excluding hydrogens is 386 g/mol. The molecule has 3 aromatic rings. The number of aromatic nitrogens is 1. The van der Waals surface area contributed by atoms with Gasteiger partial charge in [-0.3, -0.25) is 9.71 Å². The fraction of sp³-hybridized carbons (Fsp3) is 0.0526. The van der Waals surface area contributed by atoms with Crippen molar-refractivity contribution in [3.05, 3.63) is 83.1 Å². The van der Waals surface area contributed by atoms with Gasteiger partial charge in [0.1, 0.15) is 12.4 Å². The molecule has 1 heterocycles. The van der Waals surface area contributed by atoms with Gasteiger partial charge in [-0.15, -0.1) is 0 Å². The Morgan fingerprint density at radius 1 is 1.11 bits per heavy atom. The first-order chi connectivity index (χ1) is 13.0. The number of ether oxygens (including phenoxy) is 1. The van der Waals surface area contributed by atoms with Crippen LogP contribution in [0.25, 0.3) is 0 Å². The van der Waals surface area contributed by atoms with E-state index in [0.29, 0.717) is 17.0 Å². The number of sulfonamides is 1. The Morgan fingerprint density at radius 2 is 1.89 bits per heavy atom. The van der Waals surface area contributed by atoms with Crippen molar-refractivity contribution in [2.45, 2.75) is 11.5 Å². The van der Waals surface area contributed by atoms with Crippen LogP contribution >= 0.6 is 11.6 Å². The van der Waals surface area contributed by atoms with Crippen LogP contribution in [0, 0.1) is 11.3 Å². The highest BCUT2D eigenvalue weighted by Crippen LogP contribution is 2.29. The van der Waals surface area contributed by atoms with Crippen molar-refractivity contribution >= 4 is 27.3 Å². The van der Waals surface area contributed by atoms with E-state index in [-0.39, 0.29) is 16.5 Å². The molecule has 0 saturated carbocycles. The predicted molar refractivity (Wildman–Crippen MR) is 102 cm³/mol. The van der Waals surface area contributed by atoms with E-state index < -0.39 is 10.0 Å². The molecule has 0 saturated heterocycles. The van der Waals surface area contributed by atoms with Gasteiger partial charge in [-0.1, -0.05) is 17.7 Å². The van der Waals surface area contributed by atoms with Gasteiger partial charge in [-0.05, 0) is 54.6 Å². The lowest BCUT2D eigenvalue weighted by atomic mass is 10.2. The lowest BCUT2D eigenvalue weighted by Crippen LogP contribution is -2.13. The third kappa shape index (κ3) is 4.76. The van der Waals surface area contributed by atoms with Gasteiger partial charge in [0, 0.05) is 6.20 Å². The number of rotatable bonds is 6. The Hall–Kier alpha value is -3.08. The van der Waals surface area contributed by atoms with Gasteiger partial charge in [0.25, 0.3) is 10.0 Å². The molecule has 2 aromatic carbocycles. The minimum absolute atomic E-state index is 0.0492. The summed E-state index contributed by atoms with van der Waals surface area (Å²) in [6, 6.07) is 17.7. The van der Waals surface area contributed by atoms with E-state index in [1.807, 2.05) is 24.3 Å². The Labute approximate surface area is 162 Å². The molecule has 0 aliphatic heterocycles. The fourth-order valence-corrected chi connectivity index (χ4v) is 3.52. The van der Waals surface area contributed by atoms with Crippen LogP contribution in [-0.4, -0.2) is 13.4 Å². The number of halogens is 1. The highest BCUT2D eigenvalue weighted by atomic mass is 35.5. The van der Waals surface area contributed by atoms with Crippen LogP contribution in [0.15, 0.2) is 71.8 Å². The van der Waals surface area contributed by atoms with Crippen molar-refractivity contribution in [1.82, 2.24) is 4.98 Å². The number of nitrogens with zero attached hydrogens (tertiary/aromatic N) is 2. The molecular formula is C19H14ClN3O3S. The van der Waals surface area contributed by atoms with Crippen molar-refractivity contribution in [2.75, 3.05) is 4.72 Å². The van der Waals surface area contributed by atoms with Crippen molar-refractivity contribution in [2.24, 2.45) is 0 Å². The van der Waals surface area contributed by atoms with Crippen LogP contribution in [0.3, 0.4) is 0 Å². The molecule has 0 aliphatic carbocycles. The first kappa shape index (κ1) is 18.7. The molecule has 0 amide bonds. The molecule has 0 aliphatic rings. The Bertz CT molecular complexity index is 1080. The van der Waals surface area contributed by atoms with Crippen LogP contribution in [-0.2, 0) is 16.6 Å². The molecule has 1 aromatic heterocycles. The molecule has 27 heavy (non-hydrogen) atoms. The molecule has 1 N–H and O–H groups in total. The minimum Gasteiger partial charge on any atom is -0.486 e. The number of hydrogen-bond acceptors (Lipinski definition) is 5. The van der Waals surface area contributed by atoms with E-state index >= 15 is 0 Å². The average molecular weight is 400 g/mol. The number of nitriles is 1. The van der Waals surface area contributed by atoms with Crippen LogP contribution in [0.1, 0.15) is 11.3 Å². The first-order valence-corrected chi connectivity index (χ1v) is 9.69. The zero-order valence-corrected chi connectivity index (χ0v) is 15.5. The predicted octanol–water partition coefficient (Wildman–Crippen LogP) is 3.99. The van der Waals surface area contributed by atoms with Gasteiger partial charge in [0.05, 0.1) is 32.9 Å². The molecule has 0 fully saturated rings. The second kappa shape index (κ2) is 8.08. The maximum absolute atomic E-state index is 12.4. The van der Waals surface area contributed by atoms with Gasteiger partial charge in [0.2, 0.25) is 0 Å². The molecule has 6 nitrogen and oxygen atoms in total. The molecule has 0 atom stereocenters. The van der Waals surface area contributed by atoms with E-state index in [4.69, 9.17) is 21.6 Å². The van der Waals surface area contributed by atoms with E-state index in [2.05, 4.69) is 9.71 Å². The van der Waals surface area contributed by atoms with Crippen LogP contribution in [0.2, 0.25) is 5.02 Å². The molecule has 3 rings (SSSR count). The smallest absolute Gasteiger partial charge is 0.261 e. The zero-order valence-electron chi connectivity index (χ0n) is 14.0. The quantitative estimate of drug-likeness (QED) is 0.676. The van der Waals surface area contributed by atoms with E-state index in [1.54, 1.807) is 18.3 Å². The lowest BCUT2D eigenvalue weighted by molar-refractivity contribution is 0.301. The topological polar surface area (TPSA) is 92.1 Å². The van der Waals surface area contributed by atoms with Crippen molar-refractivity contribution in [3.8, 4) is 11.8 Å². The van der Waals surface area contributed by atoms with Crippen molar-refractivity contribution in [3.63, 3.8) is 0 Å². The Morgan fingerprint density at radius 3 is 2.52 bits per heavy atom. The third-order valence-corrected chi connectivity index (χ3v) is 5.27.